The number of rotatable bonds is 4. The van der Waals surface area contributed by atoms with Gasteiger partial charge in [-0.05, 0) is 38.0 Å². The first-order chi connectivity index (χ1) is 6.13. The number of hydrogen-bond donors (Lipinski definition) is 0. The third-order valence-corrected chi connectivity index (χ3v) is 1.60. The number of allylic oxidation sites excluding steroid dienone is 6. The fourth-order valence-electron chi connectivity index (χ4n) is 0.941. The lowest BCUT2D eigenvalue weighted by molar-refractivity contribution is 1.24. The summed E-state index contributed by atoms with van der Waals surface area (Å²) in [7, 11) is 0. The van der Waals surface area contributed by atoms with Gasteiger partial charge in [-0.1, -0.05) is 25.3 Å². The summed E-state index contributed by atoms with van der Waals surface area (Å²) in [5.74, 6) is 0. The molecule has 0 rings (SSSR count). The highest BCUT2D eigenvalue weighted by molar-refractivity contribution is 5.72. The molecule has 0 heterocycles. The van der Waals surface area contributed by atoms with Gasteiger partial charge < -0.3 is 0 Å². The summed E-state index contributed by atoms with van der Waals surface area (Å²) >= 11 is 0. The van der Waals surface area contributed by atoms with Gasteiger partial charge in [0, 0.05) is 11.9 Å². The van der Waals surface area contributed by atoms with Gasteiger partial charge >= 0.3 is 0 Å². The first-order valence-corrected chi connectivity index (χ1v) is 4.28. The Morgan fingerprint density at radius 1 is 1.31 bits per heavy atom. The van der Waals surface area contributed by atoms with Crippen LogP contribution in [0.15, 0.2) is 53.2 Å². The maximum absolute atomic E-state index is 4.24. The smallest absolute Gasteiger partial charge is 0.0447 e. The van der Waals surface area contributed by atoms with E-state index < -0.39 is 0 Å². The Balaban J connectivity index is 4.76. The predicted molar refractivity (Wildman–Crippen MR) is 61.0 cm³/mol. The minimum atomic E-state index is 0.945. The van der Waals surface area contributed by atoms with Gasteiger partial charge in [0.2, 0.25) is 0 Å². The molecule has 13 heavy (non-hydrogen) atoms. The van der Waals surface area contributed by atoms with Crippen LogP contribution < -0.4 is 0 Å². The zero-order chi connectivity index (χ0) is 10.3. The highest BCUT2D eigenvalue weighted by atomic mass is 14.7. The molecular formula is C12H17N. The van der Waals surface area contributed by atoms with E-state index in [9.17, 15) is 0 Å². The van der Waals surface area contributed by atoms with Crippen molar-refractivity contribution < 1.29 is 0 Å². The molecule has 0 saturated heterocycles. The molecular weight excluding hydrogens is 158 g/mol. The predicted octanol–water partition coefficient (Wildman–Crippen LogP) is 3.67. The standard InChI is InChI=1S/C12H17N/c1-6-8-9-13-11(5)12(7-2)10(3)4/h6-9H,2-3H2,1,4-5H3/b8-6-,12-11-,13-9-. The highest BCUT2D eigenvalue weighted by Crippen LogP contribution is 2.14. The van der Waals surface area contributed by atoms with Gasteiger partial charge in [0.15, 0.2) is 0 Å². The lowest BCUT2D eigenvalue weighted by Gasteiger charge is -2.01. The topological polar surface area (TPSA) is 12.4 Å². The van der Waals surface area contributed by atoms with Crippen LogP contribution in [0.2, 0.25) is 0 Å². The van der Waals surface area contributed by atoms with E-state index >= 15 is 0 Å². The molecule has 0 aromatic carbocycles. The van der Waals surface area contributed by atoms with Crippen molar-refractivity contribution in [1.29, 1.82) is 0 Å². The zero-order valence-electron chi connectivity index (χ0n) is 8.67. The second-order valence-corrected chi connectivity index (χ2v) is 2.79. The number of nitrogens with zero attached hydrogens (tertiary/aromatic N) is 1. The minimum absolute atomic E-state index is 0.945. The molecule has 0 amide bonds. The fourth-order valence-corrected chi connectivity index (χ4v) is 0.941. The van der Waals surface area contributed by atoms with Crippen molar-refractivity contribution >= 4 is 6.21 Å². The summed E-state index contributed by atoms with van der Waals surface area (Å²) < 4.78 is 0. The lowest BCUT2D eigenvalue weighted by Crippen LogP contribution is -1.84. The van der Waals surface area contributed by atoms with Crippen LogP contribution >= 0.6 is 0 Å². The third kappa shape index (κ3) is 4.26. The summed E-state index contributed by atoms with van der Waals surface area (Å²) in [6, 6.07) is 0. The number of hydrogen-bond acceptors (Lipinski definition) is 1. The molecule has 0 N–H and O–H groups in total. The van der Waals surface area contributed by atoms with E-state index in [-0.39, 0.29) is 0 Å². The molecule has 1 nitrogen and oxygen atoms in total. The summed E-state index contributed by atoms with van der Waals surface area (Å²) in [6.45, 7) is 13.4. The van der Waals surface area contributed by atoms with E-state index in [4.69, 9.17) is 0 Å². The van der Waals surface area contributed by atoms with Gasteiger partial charge in [-0.2, -0.15) is 0 Å². The molecule has 0 unspecified atom stereocenters. The SMILES string of the molecule is C=C/C(C(=C)C)=C(C)/N=C\C=C/C. The van der Waals surface area contributed by atoms with Crippen LogP contribution in [0.1, 0.15) is 20.8 Å². The highest BCUT2D eigenvalue weighted by Gasteiger charge is 1.96. The molecule has 0 aliphatic rings. The molecule has 0 fully saturated rings. The van der Waals surface area contributed by atoms with E-state index in [1.807, 2.05) is 32.9 Å². The van der Waals surface area contributed by atoms with Gasteiger partial charge in [0.05, 0.1) is 0 Å². The van der Waals surface area contributed by atoms with Gasteiger partial charge in [-0.25, -0.2) is 0 Å². The monoisotopic (exact) mass is 175 g/mol. The molecule has 0 aromatic rings. The first kappa shape index (κ1) is 11.6. The largest absolute Gasteiger partial charge is 0.261 e. The maximum atomic E-state index is 4.24. The molecule has 0 aromatic heterocycles. The summed E-state index contributed by atoms with van der Waals surface area (Å²) in [5, 5.41) is 0. The summed E-state index contributed by atoms with van der Waals surface area (Å²) in [4.78, 5) is 4.24. The summed E-state index contributed by atoms with van der Waals surface area (Å²) in [6.07, 6.45) is 7.38. The fraction of sp³-hybridized carbons (Fsp3) is 0.250. The van der Waals surface area contributed by atoms with E-state index in [0.29, 0.717) is 0 Å². The second kappa shape index (κ2) is 6.18. The van der Waals surface area contributed by atoms with Crippen molar-refractivity contribution in [2.75, 3.05) is 0 Å². The van der Waals surface area contributed by atoms with Gasteiger partial charge in [0.25, 0.3) is 0 Å². The molecule has 1 heteroatoms. The molecule has 0 aliphatic carbocycles. The molecule has 70 valence electrons. The average molecular weight is 175 g/mol. The molecule has 0 atom stereocenters. The van der Waals surface area contributed by atoms with Gasteiger partial charge in [0.1, 0.15) is 0 Å². The first-order valence-electron chi connectivity index (χ1n) is 4.28. The number of aliphatic imine (C=N–C) groups is 1. The van der Waals surface area contributed by atoms with Crippen LogP contribution in [-0.4, -0.2) is 6.21 Å². The zero-order valence-corrected chi connectivity index (χ0v) is 8.67. The van der Waals surface area contributed by atoms with Crippen LogP contribution in [0.3, 0.4) is 0 Å². The van der Waals surface area contributed by atoms with Gasteiger partial charge in [-0.15, -0.1) is 0 Å². The van der Waals surface area contributed by atoms with Crippen LogP contribution in [0.25, 0.3) is 0 Å². The Hall–Kier alpha value is -1.37. The van der Waals surface area contributed by atoms with Crippen molar-refractivity contribution in [3.8, 4) is 0 Å². The molecule has 0 spiro atoms. The van der Waals surface area contributed by atoms with Crippen LogP contribution in [-0.2, 0) is 0 Å². The Bertz CT molecular complexity index is 277. The molecule has 0 aliphatic heterocycles. The Morgan fingerprint density at radius 3 is 2.31 bits per heavy atom. The Morgan fingerprint density at radius 2 is 1.92 bits per heavy atom. The Kier molecular flexibility index (Phi) is 5.53. The van der Waals surface area contributed by atoms with E-state index in [0.717, 1.165) is 16.8 Å². The van der Waals surface area contributed by atoms with Crippen molar-refractivity contribution in [3.05, 3.63) is 48.2 Å². The molecule has 0 radical (unpaired) electrons. The van der Waals surface area contributed by atoms with Gasteiger partial charge in [-0.3, -0.25) is 4.99 Å². The van der Waals surface area contributed by atoms with E-state index in [2.05, 4.69) is 18.2 Å². The van der Waals surface area contributed by atoms with Crippen molar-refractivity contribution in [2.45, 2.75) is 20.8 Å². The van der Waals surface area contributed by atoms with Crippen LogP contribution in [0.4, 0.5) is 0 Å². The van der Waals surface area contributed by atoms with Crippen molar-refractivity contribution in [2.24, 2.45) is 4.99 Å². The van der Waals surface area contributed by atoms with Crippen molar-refractivity contribution in [3.63, 3.8) is 0 Å². The summed E-state index contributed by atoms with van der Waals surface area (Å²) in [5.41, 5.74) is 2.95. The molecule has 0 saturated carbocycles. The van der Waals surface area contributed by atoms with E-state index in [1.54, 1.807) is 12.3 Å². The van der Waals surface area contributed by atoms with E-state index in [1.165, 1.54) is 0 Å². The maximum Gasteiger partial charge on any atom is 0.0447 e. The third-order valence-electron chi connectivity index (χ3n) is 1.60. The van der Waals surface area contributed by atoms with Crippen LogP contribution in [0, 0.1) is 0 Å². The Labute approximate surface area is 80.9 Å². The average Bonchev–Trinajstić information content (AvgIpc) is 2.05. The quantitative estimate of drug-likeness (QED) is 0.456. The lowest BCUT2D eigenvalue weighted by atomic mass is 10.1. The minimum Gasteiger partial charge on any atom is -0.261 e. The second-order valence-electron chi connectivity index (χ2n) is 2.79. The molecule has 0 bridgehead atoms. The van der Waals surface area contributed by atoms with Crippen LogP contribution in [0.5, 0.6) is 0 Å². The van der Waals surface area contributed by atoms with Crippen molar-refractivity contribution in [1.82, 2.24) is 0 Å². The normalized spacial score (nSPS) is 13.5.